The molecule has 94 valence electrons. The number of benzene rings is 1. The lowest BCUT2D eigenvalue weighted by Gasteiger charge is -2.30. The number of primary amides is 1. The van der Waals surface area contributed by atoms with Gasteiger partial charge < -0.3 is 11.1 Å². The van der Waals surface area contributed by atoms with E-state index < -0.39 is 5.54 Å². The molecule has 1 aromatic rings. The average Bonchev–Trinajstić information content (AvgIpc) is 2.20. The summed E-state index contributed by atoms with van der Waals surface area (Å²) in [7, 11) is 0. The van der Waals surface area contributed by atoms with Crippen LogP contribution in [0.4, 0.5) is 5.69 Å². The van der Waals surface area contributed by atoms with Crippen LogP contribution in [0.1, 0.15) is 27.2 Å². The van der Waals surface area contributed by atoms with Crippen LogP contribution in [0.15, 0.2) is 28.7 Å². The Morgan fingerprint density at radius 3 is 2.35 bits per heavy atom. The van der Waals surface area contributed by atoms with Crippen LogP contribution in [0, 0.1) is 5.92 Å². The van der Waals surface area contributed by atoms with E-state index in [0.717, 1.165) is 10.2 Å². The summed E-state index contributed by atoms with van der Waals surface area (Å²) in [5.41, 5.74) is 5.68. The molecule has 0 radical (unpaired) electrons. The fourth-order valence-corrected chi connectivity index (χ4v) is 2.15. The summed E-state index contributed by atoms with van der Waals surface area (Å²) >= 11 is 3.37. The SMILES string of the molecule is CC(C)CC(C)(Nc1ccc(Br)cc1)C(N)=O. The molecule has 0 fully saturated rings. The summed E-state index contributed by atoms with van der Waals surface area (Å²) in [4.78, 5) is 11.6. The van der Waals surface area contributed by atoms with Crippen molar-refractivity contribution in [3.05, 3.63) is 28.7 Å². The van der Waals surface area contributed by atoms with Gasteiger partial charge in [-0.05, 0) is 43.5 Å². The Morgan fingerprint density at radius 2 is 1.94 bits per heavy atom. The predicted molar refractivity (Wildman–Crippen MR) is 74.8 cm³/mol. The minimum Gasteiger partial charge on any atom is -0.371 e. The van der Waals surface area contributed by atoms with Crippen molar-refractivity contribution in [3.8, 4) is 0 Å². The van der Waals surface area contributed by atoms with Crippen LogP contribution in [-0.2, 0) is 4.79 Å². The Kier molecular flexibility index (Phi) is 4.57. The second-order valence-corrected chi connectivity index (χ2v) is 5.84. The van der Waals surface area contributed by atoms with Gasteiger partial charge in [0.2, 0.25) is 5.91 Å². The topological polar surface area (TPSA) is 55.1 Å². The number of hydrogen-bond acceptors (Lipinski definition) is 2. The number of carbonyl (C=O) groups is 1. The Morgan fingerprint density at radius 1 is 1.41 bits per heavy atom. The van der Waals surface area contributed by atoms with E-state index in [2.05, 4.69) is 35.1 Å². The minimum absolute atomic E-state index is 0.325. The quantitative estimate of drug-likeness (QED) is 0.877. The summed E-state index contributed by atoms with van der Waals surface area (Å²) < 4.78 is 1.01. The minimum atomic E-state index is -0.706. The van der Waals surface area contributed by atoms with Crippen LogP contribution >= 0.6 is 15.9 Å². The normalized spacial score (nSPS) is 14.4. The second kappa shape index (κ2) is 5.54. The van der Waals surface area contributed by atoms with E-state index in [1.165, 1.54) is 0 Å². The van der Waals surface area contributed by atoms with Crippen molar-refractivity contribution in [2.75, 3.05) is 5.32 Å². The molecule has 1 aromatic carbocycles. The zero-order valence-corrected chi connectivity index (χ0v) is 12.0. The Labute approximate surface area is 111 Å². The summed E-state index contributed by atoms with van der Waals surface area (Å²) in [6.07, 6.45) is 0.707. The van der Waals surface area contributed by atoms with Crippen LogP contribution in [0.2, 0.25) is 0 Å². The van der Waals surface area contributed by atoms with Gasteiger partial charge in [-0.25, -0.2) is 0 Å². The number of carbonyl (C=O) groups excluding carboxylic acids is 1. The van der Waals surface area contributed by atoms with E-state index >= 15 is 0 Å². The Hall–Kier alpha value is -1.03. The van der Waals surface area contributed by atoms with Crippen molar-refractivity contribution in [1.29, 1.82) is 0 Å². The van der Waals surface area contributed by atoms with E-state index in [9.17, 15) is 4.79 Å². The second-order valence-electron chi connectivity index (χ2n) is 4.93. The maximum atomic E-state index is 11.6. The van der Waals surface area contributed by atoms with E-state index in [-0.39, 0.29) is 5.91 Å². The monoisotopic (exact) mass is 298 g/mol. The van der Waals surface area contributed by atoms with Crippen LogP contribution in [-0.4, -0.2) is 11.4 Å². The Bertz CT molecular complexity index is 389. The first kappa shape index (κ1) is 14.0. The molecule has 1 unspecified atom stereocenters. The number of amides is 1. The molecule has 0 bridgehead atoms. The molecular formula is C13H19BrN2O. The summed E-state index contributed by atoms with van der Waals surface area (Å²) in [6, 6.07) is 7.70. The summed E-state index contributed by atoms with van der Waals surface area (Å²) in [6.45, 7) is 5.99. The summed E-state index contributed by atoms with van der Waals surface area (Å²) in [5, 5.41) is 3.22. The molecular weight excluding hydrogens is 280 g/mol. The van der Waals surface area contributed by atoms with Crippen molar-refractivity contribution in [1.82, 2.24) is 0 Å². The van der Waals surface area contributed by atoms with Gasteiger partial charge >= 0.3 is 0 Å². The lowest BCUT2D eigenvalue weighted by Crippen LogP contribution is -2.48. The van der Waals surface area contributed by atoms with Gasteiger partial charge in [0.25, 0.3) is 0 Å². The van der Waals surface area contributed by atoms with Crippen molar-refractivity contribution < 1.29 is 4.79 Å². The zero-order valence-electron chi connectivity index (χ0n) is 10.5. The average molecular weight is 299 g/mol. The van der Waals surface area contributed by atoms with Crippen LogP contribution in [0.3, 0.4) is 0 Å². The number of hydrogen-bond donors (Lipinski definition) is 2. The highest BCUT2D eigenvalue weighted by Gasteiger charge is 2.31. The molecule has 0 aliphatic carbocycles. The van der Waals surface area contributed by atoms with E-state index in [1.807, 2.05) is 31.2 Å². The number of nitrogens with one attached hydrogen (secondary N) is 1. The van der Waals surface area contributed by atoms with Gasteiger partial charge in [0.05, 0.1) is 0 Å². The highest BCUT2D eigenvalue weighted by atomic mass is 79.9. The molecule has 0 saturated heterocycles. The largest absolute Gasteiger partial charge is 0.371 e. The maximum absolute atomic E-state index is 11.6. The molecule has 17 heavy (non-hydrogen) atoms. The van der Waals surface area contributed by atoms with Gasteiger partial charge in [-0.1, -0.05) is 29.8 Å². The zero-order chi connectivity index (χ0) is 13.1. The maximum Gasteiger partial charge on any atom is 0.242 e. The third-order valence-electron chi connectivity index (χ3n) is 2.62. The van der Waals surface area contributed by atoms with Gasteiger partial charge in [-0.15, -0.1) is 0 Å². The van der Waals surface area contributed by atoms with E-state index in [4.69, 9.17) is 5.73 Å². The third-order valence-corrected chi connectivity index (χ3v) is 3.15. The van der Waals surface area contributed by atoms with Crippen molar-refractivity contribution in [2.45, 2.75) is 32.7 Å². The summed E-state index contributed by atoms with van der Waals surface area (Å²) in [5.74, 6) is 0.0737. The number of nitrogens with two attached hydrogens (primary N) is 1. The first-order valence-electron chi connectivity index (χ1n) is 5.67. The highest BCUT2D eigenvalue weighted by Crippen LogP contribution is 2.23. The van der Waals surface area contributed by atoms with Crippen molar-refractivity contribution in [2.24, 2.45) is 11.7 Å². The fourth-order valence-electron chi connectivity index (χ4n) is 1.88. The van der Waals surface area contributed by atoms with E-state index in [0.29, 0.717) is 12.3 Å². The third kappa shape index (κ3) is 4.04. The molecule has 4 heteroatoms. The van der Waals surface area contributed by atoms with Gasteiger partial charge in [0.15, 0.2) is 0 Å². The standard InChI is InChI=1S/C13H19BrN2O/c1-9(2)8-13(3,12(15)17)16-11-6-4-10(14)5-7-11/h4-7,9,16H,8H2,1-3H3,(H2,15,17). The van der Waals surface area contributed by atoms with Gasteiger partial charge in [0.1, 0.15) is 5.54 Å². The molecule has 1 atom stereocenters. The molecule has 3 N–H and O–H groups in total. The van der Waals surface area contributed by atoms with Gasteiger partial charge in [-0.3, -0.25) is 4.79 Å². The van der Waals surface area contributed by atoms with Crippen LogP contribution in [0.5, 0.6) is 0 Å². The molecule has 3 nitrogen and oxygen atoms in total. The number of halogens is 1. The van der Waals surface area contributed by atoms with Gasteiger partial charge in [-0.2, -0.15) is 0 Å². The van der Waals surface area contributed by atoms with Crippen LogP contribution < -0.4 is 11.1 Å². The van der Waals surface area contributed by atoms with Crippen molar-refractivity contribution >= 4 is 27.5 Å². The predicted octanol–water partition coefficient (Wildman–Crippen LogP) is 3.15. The molecule has 0 aliphatic rings. The molecule has 1 amide bonds. The molecule has 0 spiro atoms. The molecule has 0 heterocycles. The fraction of sp³-hybridized carbons (Fsp3) is 0.462. The van der Waals surface area contributed by atoms with Crippen LogP contribution in [0.25, 0.3) is 0 Å². The molecule has 0 aromatic heterocycles. The van der Waals surface area contributed by atoms with E-state index in [1.54, 1.807) is 0 Å². The number of anilines is 1. The molecule has 1 rings (SSSR count). The lowest BCUT2D eigenvalue weighted by molar-refractivity contribution is -0.122. The smallest absolute Gasteiger partial charge is 0.242 e. The molecule has 0 aliphatic heterocycles. The van der Waals surface area contributed by atoms with Gasteiger partial charge in [0, 0.05) is 10.2 Å². The first-order valence-corrected chi connectivity index (χ1v) is 6.46. The Balaban J connectivity index is 2.86. The van der Waals surface area contributed by atoms with Crippen molar-refractivity contribution in [3.63, 3.8) is 0 Å². The lowest BCUT2D eigenvalue weighted by atomic mass is 9.89. The highest BCUT2D eigenvalue weighted by molar-refractivity contribution is 9.10. The first-order chi connectivity index (χ1) is 7.83. The number of rotatable bonds is 5. The molecule has 0 saturated carbocycles.